The van der Waals surface area contributed by atoms with Crippen LogP contribution in [0.25, 0.3) is 0 Å². The Hall–Kier alpha value is -3.07. The van der Waals surface area contributed by atoms with Crippen LogP contribution in [0.15, 0.2) is 71.6 Å². The highest BCUT2D eigenvalue weighted by Crippen LogP contribution is 2.27. The lowest BCUT2D eigenvalue weighted by Gasteiger charge is -2.19. The number of nitrogens with zero attached hydrogens (tertiary/aromatic N) is 1. The van der Waals surface area contributed by atoms with Gasteiger partial charge in [0, 0.05) is 18.7 Å². The molecule has 1 N–H and O–H groups in total. The first-order chi connectivity index (χ1) is 16.7. The van der Waals surface area contributed by atoms with Crippen molar-refractivity contribution in [3.63, 3.8) is 0 Å². The minimum absolute atomic E-state index is 0.0103. The van der Waals surface area contributed by atoms with E-state index < -0.39 is 16.1 Å². The maximum atomic E-state index is 13.2. The minimum atomic E-state index is -3.88. The predicted octanol–water partition coefficient (Wildman–Crippen LogP) is 4.68. The number of nitrogens with one attached hydrogen (secondary N) is 1. The van der Waals surface area contributed by atoms with Gasteiger partial charge < -0.3 is 14.4 Å². The topological polar surface area (TPSA) is 84.9 Å². The standard InChI is InChI=1S/C26H27ClN2O5S/c1-17-11-12-18(2)21(13-17)26(30)29-15-23(33-3)24(16-29)34-20-8-6-7-19(14-20)28-35(31,32)25-10-5-4-9-22(25)27/h4-14,23-24,28H,15-16H2,1-3H3/t23-,24-/m1/s1. The number of hydrogen-bond donors (Lipinski definition) is 1. The van der Waals surface area contributed by atoms with Crippen molar-refractivity contribution >= 4 is 33.2 Å². The Morgan fingerprint density at radius 3 is 2.49 bits per heavy atom. The lowest BCUT2D eigenvalue weighted by atomic mass is 10.0. The molecule has 4 rings (SSSR count). The third kappa shape index (κ3) is 5.61. The molecule has 0 unspecified atom stereocenters. The van der Waals surface area contributed by atoms with Crippen LogP contribution in [0.4, 0.5) is 5.69 Å². The lowest BCUT2D eigenvalue weighted by Crippen LogP contribution is -2.32. The summed E-state index contributed by atoms with van der Waals surface area (Å²) in [6.45, 7) is 4.61. The molecule has 1 amide bonds. The summed E-state index contributed by atoms with van der Waals surface area (Å²) in [7, 11) is -2.29. The fraction of sp³-hybridized carbons (Fsp3) is 0.269. The van der Waals surface area contributed by atoms with Crippen LogP contribution in [0.5, 0.6) is 5.75 Å². The summed E-state index contributed by atoms with van der Waals surface area (Å²) in [5, 5.41) is 0.134. The highest BCUT2D eigenvalue weighted by atomic mass is 35.5. The highest BCUT2D eigenvalue weighted by Gasteiger charge is 2.37. The van der Waals surface area contributed by atoms with E-state index in [0.717, 1.165) is 11.1 Å². The molecule has 7 nitrogen and oxygen atoms in total. The summed E-state index contributed by atoms with van der Waals surface area (Å²) in [5.74, 6) is 0.387. The van der Waals surface area contributed by atoms with Gasteiger partial charge in [0.15, 0.2) is 0 Å². The smallest absolute Gasteiger partial charge is 0.263 e. The third-order valence-corrected chi connectivity index (χ3v) is 7.81. The van der Waals surface area contributed by atoms with Crippen molar-refractivity contribution < 1.29 is 22.7 Å². The maximum absolute atomic E-state index is 13.2. The van der Waals surface area contributed by atoms with Gasteiger partial charge in [0.05, 0.1) is 23.8 Å². The number of anilines is 1. The van der Waals surface area contributed by atoms with Crippen LogP contribution in [0.1, 0.15) is 21.5 Å². The molecule has 1 aliphatic rings. The van der Waals surface area contributed by atoms with Crippen molar-refractivity contribution in [1.29, 1.82) is 0 Å². The summed E-state index contributed by atoms with van der Waals surface area (Å²) in [5.41, 5.74) is 2.93. The van der Waals surface area contributed by atoms with Gasteiger partial charge in [-0.05, 0) is 49.7 Å². The van der Waals surface area contributed by atoms with Crippen molar-refractivity contribution in [1.82, 2.24) is 4.90 Å². The molecule has 2 atom stereocenters. The van der Waals surface area contributed by atoms with E-state index in [-0.39, 0.29) is 21.9 Å². The molecular formula is C26H27ClN2O5S. The largest absolute Gasteiger partial charge is 0.486 e. The first-order valence-corrected chi connectivity index (χ1v) is 13.0. The van der Waals surface area contributed by atoms with E-state index >= 15 is 0 Å². The van der Waals surface area contributed by atoms with Gasteiger partial charge in [-0.3, -0.25) is 9.52 Å². The van der Waals surface area contributed by atoms with E-state index in [1.807, 2.05) is 32.0 Å². The Morgan fingerprint density at radius 2 is 1.74 bits per heavy atom. The van der Waals surface area contributed by atoms with Crippen molar-refractivity contribution in [2.45, 2.75) is 31.0 Å². The summed E-state index contributed by atoms with van der Waals surface area (Å²) >= 11 is 6.06. The fourth-order valence-electron chi connectivity index (χ4n) is 4.07. The zero-order chi connectivity index (χ0) is 25.2. The molecule has 0 saturated carbocycles. The summed E-state index contributed by atoms with van der Waals surface area (Å²) in [6.07, 6.45) is -0.739. The van der Waals surface area contributed by atoms with Gasteiger partial charge >= 0.3 is 0 Å². The van der Waals surface area contributed by atoms with Crippen LogP contribution in [-0.4, -0.2) is 51.6 Å². The van der Waals surface area contributed by atoms with E-state index in [0.29, 0.717) is 30.1 Å². The highest BCUT2D eigenvalue weighted by molar-refractivity contribution is 7.92. The molecule has 0 bridgehead atoms. The van der Waals surface area contributed by atoms with Crippen LogP contribution < -0.4 is 9.46 Å². The number of carbonyl (C=O) groups is 1. The number of aryl methyl sites for hydroxylation is 2. The Labute approximate surface area is 210 Å². The Kier molecular flexibility index (Phi) is 7.35. The lowest BCUT2D eigenvalue weighted by molar-refractivity contribution is 0.0340. The van der Waals surface area contributed by atoms with E-state index in [2.05, 4.69) is 4.72 Å². The summed E-state index contributed by atoms with van der Waals surface area (Å²) in [4.78, 5) is 14.9. The predicted molar refractivity (Wildman–Crippen MR) is 136 cm³/mol. The molecule has 3 aromatic rings. The number of sulfonamides is 1. The van der Waals surface area contributed by atoms with Gasteiger partial charge in [0.1, 0.15) is 22.9 Å². The Balaban J connectivity index is 1.49. The van der Waals surface area contributed by atoms with E-state index in [4.69, 9.17) is 21.1 Å². The molecule has 0 aliphatic carbocycles. The number of rotatable bonds is 7. The molecule has 0 radical (unpaired) electrons. The van der Waals surface area contributed by atoms with Crippen molar-refractivity contribution in [2.75, 3.05) is 24.9 Å². The zero-order valence-electron chi connectivity index (χ0n) is 19.7. The average molecular weight is 515 g/mol. The third-order valence-electron chi connectivity index (χ3n) is 5.93. The van der Waals surface area contributed by atoms with Gasteiger partial charge in [-0.1, -0.05) is 47.5 Å². The summed E-state index contributed by atoms with van der Waals surface area (Å²) in [6, 6.07) is 18.7. The van der Waals surface area contributed by atoms with Crippen molar-refractivity contribution in [3.8, 4) is 5.75 Å². The number of likely N-dealkylation sites (tertiary alicyclic amines) is 1. The van der Waals surface area contributed by atoms with Gasteiger partial charge in [0.2, 0.25) is 0 Å². The van der Waals surface area contributed by atoms with E-state index in [1.54, 1.807) is 48.4 Å². The number of carbonyl (C=O) groups excluding carboxylic acids is 1. The zero-order valence-corrected chi connectivity index (χ0v) is 21.3. The first kappa shape index (κ1) is 25.0. The molecule has 1 fully saturated rings. The Bertz CT molecular complexity index is 1350. The molecule has 3 aromatic carbocycles. The Morgan fingerprint density at radius 1 is 1.00 bits per heavy atom. The molecule has 0 spiro atoms. The normalized spacial score (nSPS) is 17.9. The molecule has 1 aliphatic heterocycles. The molecular weight excluding hydrogens is 488 g/mol. The summed E-state index contributed by atoms with van der Waals surface area (Å²) < 4.78 is 39.9. The van der Waals surface area contributed by atoms with Crippen LogP contribution in [-0.2, 0) is 14.8 Å². The van der Waals surface area contributed by atoms with Gasteiger partial charge in [0.25, 0.3) is 15.9 Å². The molecule has 1 heterocycles. The second kappa shape index (κ2) is 10.3. The molecule has 1 saturated heterocycles. The minimum Gasteiger partial charge on any atom is -0.486 e. The number of hydrogen-bond acceptors (Lipinski definition) is 5. The SMILES string of the molecule is CO[C@@H]1CN(C(=O)c2cc(C)ccc2C)C[C@H]1Oc1cccc(NS(=O)(=O)c2ccccc2Cl)c1. The molecule has 35 heavy (non-hydrogen) atoms. The number of amides is 1. The second-order valence-electron chi connectivity index (χ2n) is 8.52. The maximum Gasteiger partial charge on any atom is 0.263 e. The van der Waals surface area contributed by atoms with Gasteiger partial charge in [-0.2, -0.15) is 0 Å². The number of benzene rings is 3. The second-order valence-corrected chi connectivity index (χ2v) is 10.6. The van der Waals surface area contributed by atoms with E-state index in [9.17, 15) is 13.2 Å². The molecule has 9 heteroatoms. The monoisotopic (exact) mass is 514 g/mol. The molecule has 0 aromatic heterocycles. The van der Waals surface area contributed by atoms with Gasteiger partial charge in [-0.25, -0.2) is 8.42 Å². The van der Waals surface area contributed by atoms with E-state index in [1.165, 1.54) is 12.1 Å². The number of methoxy groups -OCH3 is 1. The number of ether oxygens (including phenoxy) is 2. The quantitative estimate of drug-likeness (QED) is 0.495. The van der Waals surface area contributed by atoms with Crippen LogP contribution in [0.2, 0.25) is 5.02 Å². The van der Waals surface area contributed by atoms with Crippen LogP contribution in [0, 0.1) is 13.8 Å². The average Bonchev–Trinajstić information content (AvgIpc) is 3.23. The van der Waals surface area contributed by atoms with Gasteiger partial charge in [-0.15, -0.1) is 0 Å². The van der Waals surface area contributed by atoms with Crippen molar-refractivity contribution in [3.05, 3.63) is 88.4 Å². The van der Waals surface area contributed by atoms with Crippen LogP contribution >= 0.6 is 11.6 Å². The van der Waals surface area contributed by atoms with Crippen LogP contribution in [0.3, 0.4) is 0 Å². The molecule has 184 valence electrons. The first-order valence-electron chi connectivity index (χ1n) is 11.1. The number of halogens is 1. The van der Waals surface area contributed by atoms with Crippen molar-refractivity contribution in [2.24, 2.45) is 0 Å². The fourth-order valence-corrected chi connectivity index (χ4v) is 5.64.